The minimum atomic E-state index is -0.307. The van der Waals surface area contributed by atoms with Crippen LogP contribution in [-0.2, 0) is 11.2 Å². The van der Waals surface area contributed by atoms with Gasteiger partial charge in [-0.15, -0.1) is 10.2 Å². The first-order chi connectivity index (χ1) is 13.2. The molecule has 2 aromatic carbocycles. The number of aromatic nitrogens is 2. The Hall–Kier alpha value is -3.02. The first kappa shape index (κ1) is 17.4. The molecule has 1 unspecified atom stereocenters. The van der Waals surface area contributed by atoms with Crippen molar-refractivity contribution in [3.05, 3.63) is 71.9 Å². The smallest absolute Gasteiger partial charge is 0.247 e. The van der Waals surface area contributed by atoms with E-state index in [9.17, 15) is 9.18 Å². The summed E-state index contributed by atoms with van der Waals surface area (Å²) in [5.74, 6) is 0.743. The molecule has 1 amide bonds. The number of likely N-dealkylation sites (tertiary alicyclic amines) is 1. The second-order valence-corrected chi connectivity index (χ2v) is 6.79. The van der Waals surface area contributed by atoms with E-state index >= 15 is 0 Å². The van der Waals surface area contributed by atoms with Crippen molar-refractivity contribution in [1.82, 2.24) is 15.1 Å². The number of nitrogens with zero attached hydrogens (tertiary/aromatic N) is 3. The van der Waals surface area contributed by atoms with Gasteiger partial charge >= 0.3 is 0 Å². The summed E-state index contributed by atoms with van der Waals surface area (Å²) in [6, 6.07) is 15.7. The second kappa shape index (κ2) is 7.70. The van der Waals surface area contributed by atoms with Crippen molar-refractivity contribution in [1.29, 1.82) is 0 Å². The van der Waals surface area contributed by atoms with E-state index in [0.29, 0.717) is 30.3 Å². The van der Waals surface area contributed by atoms with Gasteiger partial charge in [0, 0.05) is 18.7 Å². The van der Waals surface area contributed by atoms with Gasteiger partial charge in [0.25, 0.3) is 0 Å². The molecule has 27 heavy (non-hydrogen) atoms. The van der Waals surface area contributed by atoms with Crippen molar-refractivity contribution in [2.75, 3.05) is 13.1 Å². The lowest BCUT2D eigenvalue weighted by molar-refractivity contribution is -0.131. The molecule has 0 aliphatic carbocycles. The lowest BCUT2D eigenvalue weighted by Crippen LogP contribution is -2.40. The molecule has 0 N–H and O–H groups in total. The van der Waals surface area contributed by atoms with Crippen molar-refractivity contribution in [2.45, 2.75) is 25.2 Å². The van der Waals surface area contributed by atoms with E-state index in [4.69, 9.17) is 4.42 Å². The molecule has 0 saturated carbocycles. The molecule has 0 bridgehead atoms. The van der Waals surface area contributed by atoms with Crippen molar-refractivity contribution in [3.63, 3.8) is 0 Å². The Morgan fingerprint density at radius 2 is 1.89 bits per heavy atom. The van der Waals surface area contributed by atoms with Gasteiger partial charge in [0.2, 0.25) is 17.7 Å². The van der Waals surface area contributed by atoms with Gasteiger partial charge in [0.15, 0.2) is 0 Å². The molecule has 3 aromatic rings. The number of halogens is 1. The van der Waals surface area contributed by atoms with Crippen LogP contribution < -0.4 is 0 Å². The minimum Gasteiger partial charge on any atom is -0.420 e. The molecule has 1 fully saturated rings. The highest BCUT2D eigenvalue weighted by Gasteiger charge is 2.28. The predicted molar refractivity (Wildman–Crippen MR) is 98.4 cm³/mol. The molecule has 1 aromatic heterocycles. The molecule has 138 valence electrons. The maximum absolute atomic E-state index is 13.1. The summed E-state index contributed by atoms with van der Waals surface area (Å²) < 4.78 is 18.9. The molecule has 1 aliphatic heterocycles. The Morgan fingerprint density at radius 3 is 2.67 bits per heavy atom. The second-order valence-electron chi connectivity index (χ2n) is 6.79. The zero-order chi connectivity index (χ0) is 18.6. The summed E-state index contributed by atoms with van der Waals surface area (Å²) in [4.78, 5) is 14.5. The number of benzene rings is 2. The lowest BCUT2D eigenvalue weighted by atomic mass is 9.97. The summed E-state index contributed by atoms with van der Waals surface area (Å²) in [5.41, 5.74) is 1.70. The van der Waals surface area contributed by atoms with Gasteiger partial charge in [0.05, 0.1) is 12.3 Å². The third kappa shape index (κ3) is 4.05. The SMILES string of the molecule is O=C(Cc1ccccc1)N1CCCC(c2nnc(-c3ccc(F)cc3)o2)C1. The van der Waals surface area contributed by atoms with Crippen molar-refractivity contribution >= 4 is 5.91 Å². The van der Waals surface area contributed by atoms with Gasteiger partial charge in [-0.05, 0) is 42.7 Å². The zero-order valence-electron chi connectivity index (χ0n) is 14.8. The van der Waals surface area contributed by atoms with E-state index in [1.165, 1.54) is 12.1 Å². The quantitative estimate of drug-likeness (QED) is 0.705. The highest BCUT2D eigenvalue weighted by Crippen LogP contribution is 2.28. The number of amides is 1. The van der Waals surface area contributed by atoms with Gasteiger partial charge in [-0.25, -0.2) is 4.39 Å². The summed E-state index contributed by atoms with van der Waals surface area (Å²) in [5, 5.41) is 8.25. The molecule has 2 heterocycles. The van der Waals surface area contributed by atoms with E-state index in [2.05, 4.69) is 10.2 Å². The van der Waals surface area contributed by atoms with Crippen LogP contribution in [0.15, 0.2) is 59.0 Å². The van der Waals surface area contributed by atoms with Crippen molar-refractivity contribution in [2.24, 2.45) is 0 Å². The van der Waals surface area contributed by atoms with Gasteiger partial charge in [-0.3, -0.25) is 4.79 Å². The van der Waals surface area contributed by atoms with Crippen LogP contribution in [0, 0.1) is 5.82 Å². The van der Waals surface area contributed by atoms with Crippen LogP contribution in [-0.4, -0.2) is 34.1 Å². The van der Waals surface area contributed by atoms with Gasteiger partial charge < -0.3 is 9.32 Å². The van der Waals surface area contributed by atoms with Crippen LogP contribution in [0.2, 0.25) is 0 Å². The fraction of sp³-hybridized carbons (Fsp3) is 0.286. The number of hydrogen-bond acceptors (Lipinski definition) is 4. The van der Waals surface area contributed by atoms with E-state index < -0.39 is 0 Å². The van der Waals surface area contributed by atoms with Gasteiger partial charge in [-0.2, -0.15) is 0 Å². The summed E-state index contributed by atoms with van der Waals surface area (Å²) >= 11 is 0. The summed E-state index contributed by atoms with van der Waals surface area (Å²) in [7, 11) is 0. The molecule has 5 nitrogen and oxygen atoms in total. The Morgan fingerprint density at radius 1 is 1.11 bits per heavy atom. The minimum absolute atomic E-state index is 0.0279. The van der Waals surface area contributed by atoms with Crippen LogP contribution in [0.1, 0.15) is 30.2 Å². The fourth-order valence-corrected chi connectivity index (χ4v) is 3.40. The first-order valence-electron chi connectivity index (χ1n) is 9.10. The third-order valence-corrected chi connectivity index (χ3v) is 4.85. The van der Waals surface area contributed by atoms with Crippen LogP contribution in [0.4, 0.5) is 4.39 Å². The van der Waals surface area contributed by atoms with Crippen molar-refractivity contribution < 1.29 is 13.6 Å². The van der Waals surface area contributed by atoms with Crippen LogP contribution in [0.25, 0.3) is 11.5 Å². The molecule has 0 spiro atoms. The molecule has 0 radical (unpaired) electrons. The standard InChI is InChI=1S/C21H20FN3O2/c22-18-10-8-16(9-11-18)20-23-24-21(27-20)17-7-4-12-25(14-17)19(26)13-15-5-2-1-3-6-15/h1-3,5-6,8-11,17H,4,7,12-14H2. The van der Waals surface area contributed by atoms with E-state index in [1.807, 2.05) is 35.2 Å². The normalized spacial score (nSPS) is 17.1. The number of carbonyl (C=O) groups is 1. The third-order valence-electron chi connectivity index (χ3n) is 4.85. The number of hydrogen-bond donors (Lipinski definition) is 0. The van der Waals surface area contributed by atoms with Crippen LogP contribution in [0.3, 0.4) is 0 Å². The Labute approximate surface area is 156 Å². The fourth-order valence-electron chi connectivity index (χ4n) is 3.40. The molecule has 4 rings (SSSR count). The summed E-state index contributed by atoms with van der Waals surface area (Å²) in [6.45, 7) is 1.33. The van der Waals surface area contributed by atoms with Crippen LogP contribution in [0.5, 0.6) is 0 Å². The van der Waals surface area contributed by atoms with Gasteiger partial charge in [-0.1, -0.05) is 30.3 Å². The molecule has 1 atom stereocenters. The Bertz CT molecular complexity index is 909. The van der Waals surface area contributed by atoms with E-state index in [0.717, 1.165) is 24.9 Å². The zero-order valence-corrected chi connectivity index (χ0v) is 14.8. The molecular weight excluding hydrogens is 345 g/mol. The molecule has 1 aliphatic rings. The first-order valence-corrected chi connectivity index (χ1v) is 9.10. The highest BCUT2D eigenvalue weighted by atomic mass is 19.1. The van der Waals surface area contributed by atoms with Crippen molar-refractivity contribution in [3.8, 4) is 11.5 Å². The maximum Gasteiger partial charge on any atom is 0.247 e. The molecule has 6 heteroatoms. The number of carbonyl (C=O) groups excluding carboxylic acids is 1. The predicted octanol–water partition coefficient (Wildman–Crippen LogP) is 3.82. The largest absolute Gasteiger partial charge is 0.420 e. The van der Waals surface area contributed by atoms with Gasteiger partial charge in [0.1, 0.15) is 5.82 Å². The van der Waals surface area contributed by atoms with E-state index in [1.54, 1.807) is 12.1 Å². The highest BCUT2D eigenvalue weighted by molar-refractivity contribution is 5.79. The molecular formula is C21H20FN3O2. The Balaban J connectivity index is 1.44. The van der Waals surface area contributed by atoms with Crippen LogP contribution >= 0.6 is 0 Å². The topological polar surface area (TPSA) is 59.2 Å². The molecule has 1 saturated heterocycles. The Kier molecular flexibility index (Phi) is 4.96. The lowest BCUT2D eigenvalue weighted by Gasteiger charge is -2.31. The monoisotopic (exact) mass is 365 g/mol. The van der Waals surface area contributed by atoms with E-state index in [-0.39, 0.29) is 17.6 Å². The number of rotatable bonds is 4. The summed E-state index contributed by atoms with van der Waals surface area (Å²) in [6.07, 6.45) is 2.21. The average molecular weight is 365 g/mol. The average Bonchev–Trinajstić information content (AvgIpc) is 3.20. The maximum atomic E-state index is 13.1. The number of piperidine rings is 1.